The molecule has 0 spiro atoms. The van der Waals surface area contributed by atoms with Crippen molar-refractivity contribution in [3.8, 4) is 33.4 Å². The van der Waals surface area contributed by atoms with E-state index in [0.29, 0.717) is 0 Å². The van der Waals surface area contributed by atoms with Crippen molar-refractivity contribution < 1.29 is 16.4 Å². The van der Waals surface area contributed by atoms with Gasteiger partial charge in [-0.1, -0.05) is 0 Å². The van der Waals surface area contributed by atoms with Crippen LogP contribution in [0.15, 0.2) is 126 Å². The minimum absolute atomic E-state index is 0.0736. The van der Waals surface area contributed by atoms with Crippen LogP contribution < -0.4 is 13.6 Å². The maximum atomic E-state index is 9.34. The Labute approximate surface area is 357 Å². The van der Waals surface area contributed by atoms with E-state index in [1.54, 1.807) is 0 Å². The molecule has 0 fully saturated rings. The second kappa shape index (κ2) is 15.5. The molecule has 2 unspecified atom stereocenters. The Morgan fingerprint density at radius 3 is 1.38 bits per heavy atom. The number of hydrogen-bond donors (Lipinski definition) is 0. The summed E-state index contributed by atoms with van der Waals surface area (Å²) in [6.07, 6.45) is 10.8. The molecule has 2 atom stereocenters. The molecule has 3 aliphatic rings. The Bertz CT molecular complexity index is 2550. The van der Waals surface area contributed by atoms with E-state index < -0.39 is 25.9 Å². The van der Waals surface area contributed by atoms with E-state index >= 15 is 0 Å². The second-order valence-electron chi connectivity index (χ2n) is 16.8. The predicted octanol–water partition coefficient (Wildman–Crippen LogP) is 13.1. The molecule has 293 valence electrons. The van der Waals surface area contributed by atoms with Crippen LogP contribution in [0.2, 0.25) is 0 Å². The first kappa shape index (κ1) is 39.9. The second-order valence-corrected chi connectivity index (χ2v) is 39.2. The van der Waals surface area contributed by atoms with Crippen LogP contribution in [0.4, 0.5) is 0 Å². The van der Waals surface area contributed by atoms with Gasteiger partial charge < -0.3 is 0 Å². The molecule has 1 aliphatic heterocycles. The number of benzene rings is 6. The van der Waals surface area contributed by atoms with Gasteiger partial charge in [0.1, 0.15) is 0 Å². The summed E-state index contributed by atoms with van der Waals surface area (Å²) in [5.74, 6) is 0. The van der Waals surface area contributed by atoms with E-state index in [1.807, 2.05) is 0 Å². The molecule has 0 amide bonds. The molecular formula is C54H55Cl2SiZr. The van der Waals surface area contributed by atoms with Crippen LogP contribution in [-0.4, -0.2) is 9.52 Å². The Balaban J connectivity index is 1.39. The van der Waals surface area contributed by atoms with Gasteiger partial charge in [0.2, 0.25) is 0 Å². The Hall–Kier alpha value is -3.52. The average Bonchev–Trinajstić information content (AvgIpc) is 3.98. The van der Waals surface area contributed by atoms with Crippen LogP contribution in [0.3, 0.4) is 0 Å². The number of allylic oxidation sites excluding steroid dienone is 2. The van der Waals surface area contributed by atoms with Gasteiger partial charge in [-0.2, -0.15) is 0 Å². The van der Waals surface area contributed by atoms with Crippen molar-refractivity contribution in [2.75, 3.05) is 0 Å². The zero-order chi connectivity index (χ0) is 40.4. The van der Waals surface area contributed by atoms with Gasteiger partial charge in [-0.15, -0.1) is 0 Å². The number of aryl methyl sites for hydroxylation is 4. The fourth-order valence-corrected chi connectivity index (χ4v) is 39.7. The molecule has 2 aliphatic carbocycles. The van der Waals surface area contributed by atoms with Gasteiger partial charge in [-0.05, 0) is 0 Å². The predicted molar refractivity (Wildman–Crippen MR) is 254 cm³/mol. The van der Waals surface area contributed by atoms with E-state index in [2.05, 4.69) is 169 Å². The molecule has 6 aromatic rings. The summed E-state index contributed by atoms with van der Waals surface area (Å²) in [6.45, 7) is 13.8. The first-order valence-electron chi connectivity index (χ1n) is 21.9. The first-order valence-corrected chi connectivity index (χ1v) is 33.7. The number of fused-ring (bicyclic) bond motifs is 5. The van der Waals surface area contributed by atoms with E-state index in [-0.39, 0.29) is 7.25 Å². The SMILES string of the molecule is CCC1=Cc2c(ccc(CC)c2-c2ccccc2CC)[CH]1[Zr]([Cl])([Cl])([c]1cccc2c1[SiH2]c1ccccc1-2)[CH]1C(CC)=Cc2c1ccc(CC)c2-c1ccccc1CC. The van der Waals surface area contributed by atoms with Gasteiger partial charge in [0.15, 0.2) is 0 Å². The number of halogens is 2. The van der Waals surface area contributed by atoms with Crippen molar-refractivity contribution in [1.29, 1.82) is 0 Å². The molecule has 0 aromatic heterocycles. The van der Waals surface area contributed by atoms with Gasteiger partial charge in [-0.25, -0.2) is 0 Å². The van der Waals surface area contributed by atoms with E-state index in [0.717, 1.165) is 38.5 Å². The van der Waals surface area contributed by atoms with Crippen LogP contribution in [0, 0.1) is 0 Å². The van der Waals surface area contributed by atoms with E-state index in [4.69, 9.17) is 0 Å². The van der Waals surface area contributed by atoms with Crippen molar-refractivity contribution >= 4 is 52.3 Å². The quantitative estimate of drug-likeness (QED) is 0.114. The van der Waals surface area contributed by atoms with Crippen LogP contribution in [0.25, 0.3) is 45.5 Å². The summed E-state index contributed by atoms with van der Waals surface area (Å²) < 4.78 is 1.16. The van der Waals surface area contributed by atoms with Gasteiger partial charge in [-0.3, -0.25) is 0 Å². The van der Waals surface area contributed by atoms with Crippen molar-refractivity contribution in [1.82, 2.24) is 0 Å². The summed E-state index contributed by atoms with van der Waals surface area (Å²) in [6, 6.07) is 43.9. The average molecular weight is 894 g/mol. The van der Waals surface area contributed by atoms with Gasteiger partial charge in [0.05, 0.1) is 0 Å². The minimum atomic E-state index is -5.59. The van der Waals surface area contributed by atoms with E-state index in [9.17, 15) is 17.0 Å². The fourth-order valence-electron chi connectivity index (χ4n) is 11.4. The van der Waals surface area contributed by atoms with Crippen molar-refractivity contribution in [3.63, 3.8) is 0 Å². The molecule has 0 bridgehead atoms. The third-order valence-electron chi connectivity index (χ3n) is 14.1. The zero-order valence-electron chi connectivity index (χ0n) is 35.0. The maximum absolute atomic E-state index is 9.34. The number of hydrogen-bond acceptors (Lipinski definition) is 0. The van der Waals surface area contributed by atoms with Gasteiger partial charge in [0.25, 0.3) is 0 Å². The normalized spacial score (nSPS) is 17.6. The molecule has 4 heteroatoms. The molecule has 0 saturated heterocycles. The zero-order valence-corrected chi connectivity index (χ0v) is 40.4. The summed E-state index contributed by atoms with van der Waals surface area (Å²) in [5.41, 5.74) is 21.9. The molecule has 1 heterocycles. The molecule has 58 heavy (non-hydrogen) atoms. The summed E-state index contributed by atoms with van der Waals surface area (Å²) in [7, 11) is 17.8. The first-order chi connectivity index (χ1) is 28.2. The van der Waals surface area contributed by atoms with Crippen LogP contribution in [0.5, 0.6) is 0 Å². The van der Waals surface area contributed by atoms with Crippen LogP contribution in [-0.2, 0) is 42.1 Å². The topological polar surface area (TPSA) is 0 Å². The summed E-state index contributed by atoms with van der Waals surface area (Å²) in [5, 5.41) is 2.99. The number of rotatable bonds is 11. The molecule has 0 radical (unpaired) electrons. The molecular weight excluding hydrogens is 839 g/mol. The van der Waals surface area contributed by atoms with Crippen molar-refractivity contribution in [3.05, 3.63) is 171 Å². The summed E-state index contributed by atoms with van der Waals surface area (Å²) >= 11 is -5.59. The van der Waals surface area contributed by atoms with Gasteiger partial charge in [0, 0.05) is 0 Å². The summed E-state index contributed by atoms with van der Waals surface area (Å²) in [4.78, 5) is 0. The molecule has 6 aromatic carbocycles. The molecule has 9 rings (SSSR count). The third-order valence-corrected chi connectivity index (χ3v) is 36.9. The Morgan fingerprint density at radius 2 is 0.897 bits per heavy atom. The molecule has 0 nitrogen and oxygen atoms in total. The van der Waals surface area contributed by atoms with Gasteiger partial charge >= 0.3 is 360 Å². The Morgan fingerprint density at radius 1 is 0.448 bits per heavy atom. The van der Waals surface area contributed by atoms with E-state index in [1.165, 1.54) is 103 Å². The fraction of sp³-hybridized carbons (Fsp3) is 0.259. The third kappa shape index (κ3) is 5.90. The van der Waals surface area contributed by atoms with Crippen molar-refractivity contribution in [2.45, 2.75) is 87.3 Å². The Kier molecular flexibility index (Phi) is 10.7. The molecule has 0 N–H and O–H groups in total. The monoisotopic (exact) mass is 891 g/mol. The van der Waals surface area contributed by atoms with Crippen molar-refractivity contribution in [2.24, 2.45) is 0 Å². The molecule has 0 saturated carbocycles. The standard InChI is InChI=1S/2C21H23.C12H9Si.2ClH.Zr/c2*1-4-15-13-18-12-11-17(6-3)21(20(18)14-15)19-10-8-7-9-16(19)5-2;1-3-7-11-9(5-1)10-6-2-4-8-12(10)13-11;;;/h2*7-14H,4-6H2,1-3H3;1-7H,13H2;2*1H;/q;;;;;+2/p-2. The van der Waals surface area contributed by atoms with Crippen LogP contribution in [0.1, 0.15) is 106 Å². The van der Waals surface area contributed by atoms with Crippen LogP contribution >= 0.6 is 17.0 Å².